The molecule has 0 saturated carbocycles. The number of fused-ring (bicyclic) bond motifs is 9. The van der Waals surface area contributed by atoms with Gasteiger partial charge in [0.05, 0.1) is 46.7 Å². The van der Waals surface area contributed by atoms with Crippen LogP contribution in [-0.4, -0.2) is 53.5 Å². The molecule has 0 fully saturated rings. The van der Waals surface area contributed by atoms with E-state index in [0.717, 1.165) is 196 Å². The molecule has 11 heteroatoms. The van der Waals surface area contributed by atoms with Crippen molar-refractivity contribution in [2.75, 3.05) is 0 Å². The van der Waals surface area contributed by atoms with Crippen molar-refractivity contribution in [2.45, 2.75) is 0 Å². The third-order valence-electron chi connectivity index (χ3n) is 27.9. The second kappa shape index (κ2) is 39.3. The van der Waals surface area contributed by atoms with E-state index >= 15 is 0 Å². The summed E-state index contributed by atoms with van der Waals surface area (Å²) in [6.45, 7) is 0. The molecule has 28 aromatic rings. The number of rotatable bonds is 17. The summed E-state index contributed by atoms with van der Waals surface area (Å²) in [4.78, 5) is 19.9. The first kappa shape index (κ1) is 83.5. The molecule has 28 rings (SSSR count). The van der Waals surface area contributed by atoms with Crippen LogP contribution in [0.5, 0.6) is 0 Å². The van der Waals surface area contributed by atoms with Gasteiger partial charge >= 0.3 is 0 Å². The van der Waals surface area contributed by atoms with E-state index < -0.39 is 6.04 Å². The monoisotopic (exact) mass is 1910 g/mol. The fourth-order valence-corrected chi connectivity index (χ4v) is 20.9. The van der Waals surface area contributed by atoms with Crippen molar-refractivity contribution < 1.29 is 6.85 Å². The third-order valence-corrected chi connectivity index (χ3v) is 27.9. The van der Waals surface area contributed by atoms with Gasteiger partial charge in [-0.25, -0.2) is 15.0 Å². The summed E-state index contributed by atoms with van der Waals surface area (Å²) >= 11 is 0. The van der Waals surface area contributed by atoms with Crippen LogP contribution in [0.4, 0.5) is 0 Å². The van der Waals surface area contributed by atoms with Gasteiger partial charge < -0.3 is 0 Å². The highest BCUT2D eigenvalue weighted by Crippen LogP contribution is 2.47. The molecule has 149 heavy (non-hydrogen) atoms. The van der Waals surface area contributed by atoms with E-state index in [1.54, 1.807) is 0 Å². The molecule has 0 radical (unpaired) electrons. The molecule has 9 heterocycles. The molecule has 0 aliphatic rings. The fraction of sp³-hybridized carbons (Fsp3) is 0. The van der Waals surface area contributed by atoms with E-state index in [9.17, 15) is 0 Å². The number of pyridine rings is 4. The normalized spacial score (nSPS) is 11.8. The van der Waals surface area contributed by atoms with Gasteiger partial charge in [-0.15, -0.1) is 20.4 Å². The summed E-state index contributed by atoms with van der Waals surface area (Å²) < 4.78 is 49.2. The van der Waals surface area contributed by atoms with Crippen molar-refractivity contribution in [2.24, 2.45) is 0 Å². The third kappa shape index (κ3) is 17.3. The maximum atomic E-state index is 8.83. The number of hydrogen-bond acceptors (Lipinski definition) is 8. The molecule has 0 unspecified atom stereocenters. The lowest BCUT2D eigenvalue weighted by atomic mass is 9.89. The minimum Gasteiger partial charge on any atom is -0.299 e. The van der Waals surface area contributed by atoms with E-state index in [4.69, 9.17) is 47.2 Å². The first-order valence-electron chi connectivity index (χ1n) is 52.3. The Labute approximate surface area is 868 Å². The largest absolute Gasteiger partial charge is 0.299 e. The van der Waals surface area contributed by atoms with E-state index in [2.05, 4.69) is 353 Å². The van der Waals surface area contributed by atoms with Crippen LogP contribution >= 0.6 is 0 Å². The first-order valence-corrected chi connectivity index (χ1v) is 49.8. The molecule has 0 aliphatic carbocycles. The number of imidazole rings is 3. The lowest BCUT2D eigenvalue weighted by Gasteiger charge is -2.15. The zero-order valence-corrected chi connectivity index (χ0v) is 80.6. The van der Waals surface area contributed by atoms with E-state index in [1.807, 2.05) is 182 Å². The van der Waals surface area contributed by atoms with Gasteiger partial charge in [0.15, 0.2) is 0 Å². The average Bonchev–Trinajstić information content (AvgIpc) is 1.40. The van der Waals surface area contributed by atoms with Crippen molar-refractivity contribution in [3.8, 4) is 191 Å². The lowest BCUT2D eigenvalue weighted by molar-refractivity contribution is 1.06. The van der Waals surface area contributed by atoms with E-state index in [1.165, 1.54) is 43.4 Å². The van der Waals surface area contributed by atoms with Gasteiger partial charge in [-0.3, -0.25) is 18.2 Å². The zero-order valence-electron chi connectivity index (χ0n) is 85.6. The number of benzene rings is 19. The van der Waals surface area contributed by atoms with Gasteiger partial charge in [0.1, 0.15) is 39.7 Å². The molecule has 19 aromatic carbocycles. The van der Waals surface area contributed by atoms with Crippen molar-refractivity contribution in [1.29, 1.82) is 0 Å². The standard InChI is InChI=1S/C49H32N4.C45H30N4.C44H29N3/c1-3-15-35(16-4-1)46-43-21-9-10-22-44(43)47(52-51-46)40-31-38(30-39(32-40)42-23-13-19-34-14-7-8-20-41(34)42)33-25-27-37(28-26-33)49-48(36-17-5-2-6-18-36)50-45-24-11-12-29-53(45)49;1-4-14-31(15-5-1)36-28-37(30-38(29-36)43-40-21-11-10-20-39(40)42(47-48-43)33-16-6-2-7-17-33)32-23-25-35(26-24-32)45-44(34-18-8-3-9-19-34)46-41-22-12-13-27-49(41)45;1-2-13-30(14-3-1)43-44(47-24-11-9-22-42(47)46-43)33-17-12-16-31(25-33)34-26-35(28-36(27-34)41-21-8-10-23-45-41)40-29-32-15-4-5-18-37(32)38-19-6-7-20-39(38)40/h1-32H;1-30H;1-29H/i;1D,4D,5D,14D,15D;. The Kier molecular flexibility index (Phi) is 22.0. The molecule has 0 N–H and O–H groups in total. The highest BCUT2D eigenvalue weighted by Gasteiger charge is 2.25. The fourth-order valence-electron chi connectivity index (χ4n) is 20.9. The quantitative estimate of drug-likeness (QED) is 0.0828. The summed E-state index contributed by atoms with van der Waals surface area (Å²) in [5.74, 6) is 0. The highest BCUT2D eigenvalue weighted by atomic mass is 15.1. The summed E-state index contributed by atoms with van der Waals surface area (Å²) in [6.07, 6.45) is 8.07. The van der Waals surface area contributed by atoms with Crippen LogP contribution in [0.2, 0.25) is 0 Å². The SMILES string of the molecule is [2H]c1c([2H])c([2H])c(-c2cc(-c3ccc(-c4c(-c5ccccc5)nc5ccccn45)cc3)cc(-c3nnc(-c4ccccc4)c4ccccc34)c2)c([2H])c1[2H].c1ccc(-c2nc3ccccn3c2-c2ccc(-c3cc(-c4cccc5ccccc45)cc(-c4nnc(-c5ccccc5)c5ccccc45)c3)cc2)cc1.c1ccc(-c2nc3ccccn3c2-c2cccc(-c3cc(-c4ccccn4)cc(-c4cc5ccccc5c5ccccc45)c3)c2)cc1. The minimum absolute atomic E-state index is 0.122. The van der Waals surface area contributed by atoms with Gasteiger partial charge in [-0.2, -0.15) is 0 Å². The smallest absolute Gasteiger partial charge is 0.137 e. The van der Waals surface area contributed by atoms with Gasteiger partial charge in [0.25, 0.3) is 0 Å². The molecular formula is C138H91N11. The van der Waals surface area contributed by atoms with Gasteiger partial charge in [-0.1, -0.05) is 412 Å². The second-order valence-corrected chi connectivity index (χ2v) is 37.0. The molecule has 0 saturated heterocycles. The van der Waals surface area contributed by atoms with Gasteiger partial charge in [-0.05, 0) is 214 Å². The van der Waals surface area contributed by atoms with E-state index in [0.29, 0.717) is 16.8 Å². The molecule has 9 aromatic heterocycles. The van der Waals surface area contributed by atoms with Crippen LogP contribution < -0.4 is 0 Å². The maximum absolute atomic E-state index is 8.83. The lowest BCUT2D eigenvalue weighted by Crippen LogP contribution is -1.96. The topological polar surface area (TPSA) is 116 Å². The molecular weight excluding hydrogens is 1810 g/mol. The highest BCUT2D eigenvalue weighted by molar-refractivity contribution is 6.15. The Balaban J connectivity index is 0.000000116. The second-order valence-electron chi connectivity index (χ2n) is 37.0. The first-order chi connectivity index (χ1) is 75.9. The van der Waals surface area contributed by atoms with Crippen molar-refractivity contribution in [3.63, 3.8) is 0 Å². The minimum atomic E-state index is -0.434. The Morgan fingerprint density at radius 1 is 0.168 bits per heavy atom. The van der Waals surface area contributed by atoms with Crippen LogP contribution in [0.3, 0.4) is 0 Å². The van der Waals surface area contributed by atoms with Crippen LogP contribution in [0.25, 0.3) is 261 Å². The predicted octanol–water partition coefficient (Wildman–Crippen LogP) is 35.1. The summed E-state index contributed by atoms with van der Waals surface area (Å²) in [5, 5.41) is 30.6. The number of nitrogens with zero attached hydrogens (tertiary/aromatic N) is 11. The molecule has 0 spiro atoms. The summed E-state index contributed by atoms with van der Waals surface area (Å²) in [5.41, 5.74) is 35.4. The molecule has 0 amide bonds. The van der Waals surface area contributed by atoms with Crippen molar-refractivity contribution in [3.05, 3.63) is 552 Å². The Hall–Kier alpha value is -20.1. The summed E-state index contributed by atoms with van der Waals surface area (Å²) in [6, 6.07) is 171. The van der Waals surface area contributed by atoms with Crippen LogP contribution in [0, 0.1) is 0 Å². The zero-order chi connectivity index (χ0) is 103. The summed E-state index contributed by atoms with van der Waals surface area (Å²) in [7, 11) is 0. The molecule has 11 nitrogen and oxygen atoms in total. The van der Waals surface area contributed by atoms with Crippen LogP contribution in [0.1, 0.15) is 6.85 Å². The predicted molar refractivity (Wildman–Crippen MR) is 614 cm³/mol. The van der Waals surface area contributed by atoms with Crippen molar-refractivity contribution in [1.82, 2.24) is 53.5 Å². The van der Waals surface area contributed by atoms with Crippen LogP contribution in [-0.2, 0) is 0 Å². The average molecular weight is 1910 g/mol. The van der Waals surface area contributed by atoms with Crippen LogP contribution in [0.15, 0.2) is 552 Å². The van der Waals surface area contributed by atoms with Gasteiger partial charge in [0, 0.05) is 108 Å². The number of aromatic nitrogens is 11. The molecule has 0 aliphatic heterocycles. The Morgan fingerprint density at radius 3 is 0.960 bits per heavy atom. The van der Waals surface area contributed by atoms with Crippen molar-refractivity contribution >= 4 is 70.8 Å². The Morgan fingerprint density at radius 2 is 0.483 bits per heavy atom. The molecule has 0 bridgehead atoms. The van der Waals surface area contributed by atoms with E-state index in [-0.39, 0.29) is 29.7 Å². The van der Waals surface area contributed by atoms with Gasteiger partial charge in [0.2, 0.25) is 0 Å². The Bertz CT molecular complexity index is 10200. The molecule has 0 atom stereocenters. The molecule has 698 valence electrons. The maximum Gasteiger partial charge on any atom is 0.137 e. The number of hydrogen-bond donors (Lipinski definition) is 0.